The molecule has 4 rings (SSSR count). The Morgan fingerprint density at radius 1 is 0.882 bits per heavy atom. The second-order valence-electron chi connectivity index (χ2n) is 7.87. The average molecular weight is 480 g/mol. The highest BCUT2D eigenvalue weighted by Gasteiger charge is 2.29. The molecule has 9 heteroatoms. The number of aromatic nitrogens is 2. The predicted molar refractivity (Wildman–Crippen MR) is 131 cm³/mol. The molecule has 0 saturated heterocycles. The Kier molecular flexibility index (Phi) is 6.23. The molecule has 1 heterocycles. The van der Waals surface area contributed by atoms with Crippen molar-refractivity contribution in [1.29, 1.82) is 0 Å². The number of phenolic OH excluding ortho intramolecular Hbond substituents is 1. The fourth-order valence-electron chi connectivity index (χ4n) is 3.94. The quantitative estimate of drug-likeness (QED) is 0.298. The molecule has 0 radical (unpaired) electrons. The fourth-order valence-corrected chi connectivity index (χ4v) is 4.97. The summed E-state index contributed by atoms with van der Waals surface area (Å²) in [6.07, 6.45) is 0. The lowest BCUT2D eigenvalue weighted by Crippen LogP contribution is -2.14. The Bertz CT molecular complexity index is 1320. The van der Waals surface area contributed by atoms with Crippen molar-refractivity contribution in [2.24, 2.45) is 0 Å². The van der Waals surface area contributed by atoms with E-state index in [1.165, 1.54) is 13.0 Å². The second-order valence-corrected chi connectivity index (χ2v) is 9.41. The van der Waals surface area contributed by atoms with Crippen molar-refractivity contribution in [3.8, 4) is 51.2 Å². The molecule has 0 bridgehead atoms. The number of aromatic amines is 1. The van der Waals surface area contributed by atoms with Gasteiger partial charge in [-0.1, -0.05) is 0 Å². The Hall–Kier alpha value is -3.58. The molecular formula is C25H25N2O6P. The molecule has 1 aromatic heterocycles. The zero-order chi connectivity index (χ0) is 24.6. The van der Waals surface area contributed by atoms with Gasteiger partial charge in [-0.3, -0.25) is 4.57 Å². The van der Waals surface area contributed by atoms with Gasteiger partial charge in [0.25, 0.3) is 0 Å². The van der Waals surface area contributed by atoms with Crippen LogP contribution in [-0.2, 0) is 4.57 Å². The molecule has 0 aliphatic heterocycles. The molecule has 0 amide bonds. The zero-order valence-electron chi connectivity index (χ0n) is 19.2. The Morgan fingerprint density at radius 3 is 1.91 bits per heavy atom. The number of hydrogen-bond donors (Lipinski definition) is 4. The van der Waals surface area contributed by atoms with Crippen molar-refractivity contribution < 1.29 is 28.9 Å². The molecule has 0 atom stereocenters. The van der Waals surface area contributed by atoms with E-state index in [0.717, 1.165) is 11.1 Å². The molecule has 176 valence electrons. The highest BCUT2D eigenvalue weighted by atomic mass is 31.2. The summed E-state index contributed by atoms with van der Waals surface area (Å²) in [4.78, 5) is 28.2. The third kappa shape index (κ3) is 4.31. The number of imidazole rings is 1. The molecular weight excluding hydrogens is 455 g/mol. The van der Waals surface area contributed by atoms with Crippen molar-refractivity contribution in [3.63, 3.8) is 0 Å². The molecule has 0 fully saturated rings. The Labute approximate surface area is 197 Å². The highest BCUT2D eigenvalue weighted by molar-refractivity contribution is 7.60. The van der Waals surface area contributed by atoms with Crippen LogP contribution in [0.2, 0.25) is 0 Å². The third-order valence-electron chi connectivity index (χ3n) is 5.69. The van der Waals surface area contributed by atoms with Crippen LogP contribution in [-0.4, -0.2) is 39.1 Å². The van der Waals surface area contributed by atoms with E-state index in [2.05, 4.69) is 4.98 Å². The number of benzene rings is 3. The van der Waals surface area contributed by atoms with Crippen LogP contribution in [0.15, 0.2) is 54.6 Å². The first-order valence-electron chi connectivity index (χ1n) is 10.4. The van der Waals surface area contributed by atoms with Crippen molar-refractivity contribution in [3.05, 3.63) is 65.7 Å². The number of phenols is 1. The number of aryl methyl sites for hydroxylation is 1. The summed E-state index contributed by atoms with van der Waals surface area (Å²) < 4.78 is 22.9. The maximum absolute atomic E-state index is 12.4. The summed E-state index contributed by atoms with van der Waals surface area (Å²) in [5.41, 5.74) is 3.71. The van der Waals surface area contributed by atoms with E-state index in [1.54, 1.807) is 21.1 Å². The van der Waals surface area contributed by atoms with E-state index in [4.69, 9.17) is 14.5 Å². The summed E-state index contributed by atoms with van der Waals surface area (Å²) in [6, 6.07) is 16.3. The average Bonchev–Trinajstić information content (AvgIpc) is 3.27. The molecule has 8 nitrogen and oxygen atoms in total. The zero-order valence-corrected chi connectivity index (χ0v) is 20.1. The van der Waals surface area contributed by atoms with Crippen LogP contribution in [0.5, 0.6) is 17.2 Å². The molecule has 0 aliphatic carbocycles. The normalized spacial score (nSPS) is 11.5. The van der Waals surface area contributed by atoms with E-state index in [0.29, 0.717) is 28.5 Å². The predicted octanol–water partition coefficient (Wildman–Crippen LogP) is 4.55. The molecule has 0 unspecified atom stereocenters. The van der Waals surface area contributed by atoms with E-state index < -0.39 is 7.60 Å². The van der Waals surface area contributed by atoms with Gasteiger partial charge in [0.15, 0.2) is 0 Å². The number of H-pyrrole nitrogens is 1. The maximum Gasteiger partial charge on any atom is 0.357 e. The fraction of sp³-hybridized carbons (Fsp3) is 0.160. The monoisotopic (exact) mass is 480 g/mol. The van der Waals surface area contributed by atoms with Crippen LogP contribution in [0.3, 0.4) is 0 Å². The topological polar surface area (TPSA) is 125 Å². The van der Waals surface area contributed by atoms with Gasteiger partial charge in [0.2, 0.25) is 0 Å². The Balaban J connectivity index is 1.99. The van der Waals surface area contributed by atoms with Gasteiger partial charge in [0.05, 0.1) is 30.9 Å². The first-order chi connectivity index (χ1) is 16.1. The first-order valence-corrected chi connectivity index (χ1v) is 12.0. The van der Waals surface area contributed by atoms with Gasteiger partial charge in [-0.2, -0.15) is 0 Å². The Morgan fingerprint density at radius 2 is 1.41 bits per heavy atom. The highest BCUT2D eigenvalue weighted by Crippen LogP contribution is 2.43. The number of methoxy groups -OCH3 is 2. The molecule has 0 aliphatic rings. The minimum absolute atomic E-state index is 0.122. The van der Waals surface area contributed by atoms with Crippen molar-refractivity contribution in [2.75, 3.05) is 14.2 Å². The molecule has 34 heavy (non-hydrogen) atoms. The first kappa shape index (κ1) is 23.6. The minimum atomic E-state index is -4.73. The van der Waals surface area contributed by atoms with Gasteiger partial charge >= 0.3 is 7.60 Å². The number of nitrogens with zero attached hydrogens (tertiary/aromatic N) is 1. The van der Waals surface area contributed by atoms with Crippen LogP contribution >= 0.6 is 7.60 Å². The lowest BCUT2D eigenvalue weighted by molar-refractivity contribution is 0.386. The molecule has 0 saturated carbocycles. The van der Waals surface area contributed by atoms with Crippen molar-refractivity contribution >= 4 is 12.9 Å². The number of ether oxygens (including phenoxy) is 2. The van der Waals surface area contributed by atoms with Gasteiger partial charge in [0, 0.05) is 22.3 Å². The molecule has 0 spiro atoms. The van der Waals surface area contributed by atoms with E-state index in [1.807, 2.05) is 48.5 Å². The van der Waals surface area contributed by atoms with Gasteiger partial charge in [0.1, 0.15) is 23.1 Å². The van der Waals surface area contributed by atoms with Gasteiger partial charge in [-0.05, 0) is 74.0 Å². The molecule has 4 N–H and O–H groups in total. The molecule has 3 aromatic carbocycles. The van der Waals surface area contributed by atoms with Crippen molar-refractivity contribution in [2.45, 2.75) is 13.8 Å². The van der Waals surface area contributed by atoms with E-state index in [-0.39, 0.29) is 28.0 Å². The second kappa shape index (κ2) is 8.99. The third-order valence-corrected chi connectivity index (χ3v) is 6.85. The standard InChI is InChI=1S/C25H25N2O6P/c1-14-13-20(24(34(29,30)31)15(2)23(14)28)25-26-21(16-5-9-18(32-3)10-6-16)22(27-25)17-7-11-19(33-4)12-8-17/h5-13,28H,1-4H3,(H,26,27)(H2,29,30,31). The van der Waals surface area contributed by atoms with Gasteiger partial charge in [-0.15, -0.1) is 0 Å². The minimum Gasteiger partial charge on any atom is -0.507 e. The largest absolute Gasteiger partial charge is 0.507 e. The summed E-state index contributed by atoms with van der Waals surface area (Å²) in [5.74, 6) is 1.52. The van der Waals surface area contributed by atoms with E-state index >= 15 is 0 Å². The number of aromatic hydroxyl groups is 1. The lowest BCUT2D eigenvalue weighted by Gasteiger charge is -2.15. The van der Waals surface area contributed by atoms with Crippen LogP contribution in [0.1, 0.15) is 11.1 Å². The van der Waals surface area contributed by atoms with Crippen LogP contribution in [0.25, 0.3) is 33.9 Å². The summed E-state index contributed by atoms with van der Waals surface area (Å²) in [7, 11) is -1.55. The number of hydrogen-bond acceptors (Lipinski definition) is 5. The van der Waals surface area contributed by atoms with E-state index in [9.17, 15) is 19.5 Å². The summed E-state index contributed by atoms with van der Waals surface area (Å²) >= 11 is 0. The van der Waals surface area contributed by atoms with Gasteiger partial charge < -0.3 is 29.4 Å². The van der Waals surface area contributed by atoms with Crippen molar-refractivity contribution in [1.82, 2.24) is 9.97 Å². The van der Waals surface area contributed by atoms with Crippen LogP contribution in [0, 0.1) is 13.8 Å². The number of nitrogens with one attached hydrogen (secondary N) is 1. The summed E-state index contributed by atoms with van der Waals surface area (Å²) in [5, 5.41) is 10.1. The smallest absolute Gasteiger partial charge is 0.357 e. The van der Waals surface area contributed by atoms with Crippen LogP contribution < -0.4 is 14.8 Å². The number of rotatable bonds is 6. The lowest BCUT2D eigenvalue weighted by atomic mass is 10.0. The maximum atomic E-state index is 12.4. The SMILES string of the molecule is COc1ccc(-c2nc(-c3cc(C)c(O)c(C)c3P(=O)(O)O)[nH]c2-c2ccc(OC)cc2)cc1. The molecule has 4 aromatic rings. The summed E-state index contributed by atoms with van der Waals surface area (Å²) in [6.45, 7) is 3.16. The van der Waals surface area contributed by atoms with Crippen LogP contribution in [0.4, 0.5) is 0 Å². The van der Waals surface area contributed by atoms with Gasteiger partial charge in [-0.25, -0.2) is 4.98 Å².